The van der Waals surface area contributed by atoms with Crippen molar-refractivity contribution in [1.82, 2.24) is 20.4 Å². The lowest BCUT2D eigenvalue weighted by atomic mass is 9.95. The molecule has 1 fully saturated rings. The second kappa shape index (κ2) is 11.4. The number of nitrogens with one attached hydrogen (secondary N) is 2. The van der Waals surface area contributed by atoms with Gasteiger partial charge in [-0.3, -0.25) is 20.2 Å². The van der Waals surface area contributed by atoms with Crippen LogP contribution in [0, 0.1) is 5.82 Å². The van der Waals surface area contributed by atoms with Crippen molar-refractivity contribution >= 4 is 17.8 Å². The lowest BCUT2D eigenvalue weighted by Gasteiger charge is -2.34. The van der Waals surface area contributed by atoms with E-state index in [1.54, 1.807) is 66.3 Å². The van der Waals surface area contributed by atoms with Gasteiger partial charge in [0.25, 0.3) is 17.4 Å². The molecule has 10 nitrogen and oxygen atoms in total. The molecule has 5 rings (SSSR count). The number of urea groups is 1. The maximum Gasteiger partial charge on any atom is 0.328 e. The summed E-state index contributed by atoms with van der Waals surface area (Å²) < 4.78 is 32.2. The van der Waals surface area contributed by atoms with Gasteiger partial charge in [0.15, 0.2) is 0 Å². The van der Waals surface area contributed by atoms with E-state index in [9.17, 15) is 18.8 Å². The van der Waals surface area contributed by atoms with Crippen LogP contribution < -0.4 is 20.1 Å². The number of carbonyl (C=O) groups is 3. The van der Waals surface area contributed by atoms with Crippen LogP contribution in [0.4, 0.5) is 9.18 Å². The van der Waals surface area contributed by atoms with Crippen molar-refractivity contribution in [3.63, 3.8) is 0 Å². The highest BCUT2D eigenvalue weighted by Gasteiger charge is 2.52. The smallest absolute Gasteiger partial charge is 0.328 e. The van der Waals surface area contributed by atoms with Crippen LogP contribution in [-0.2, 0) is 14.3 Å². The van der Waals surface area contributed by atoms with Gasteiger partial charge in [0, 0.05) is 24.8 Å². The quantitative estimate of drug-likeness (QED) is 0.225. The highest BCUT2D eigenvalue weighted by atomic mass is 19.1. The number of barbiturate groups is 1. The first-order valence-corrected chi connectivity index (χ1v) is 12.5. The van der Waals surface area contributed by atoms with Crippen LogP contribution in [0.5, 0.6) is 17.2 Å². The molecular formula is C29H25FN4O6. The predicted octanol–water partition coefficient (Wildman–Crippen LogP) is 4.38. The Bertz CT molecular complexity index is 1510. The zero-order valence-electron chi connectivity index (χ0n) is 21.4. The first-order valence-electron chi connectivity index (χ1n) is 12.5. The average Bonchev–Trinajstić information content (AvgIpc) is 3.44. The molecular weight excluding hydrogens is 519 g/mol. The lowest BCUT2D eigenvalue weighted by Crippen LogP contribution is -2.69. The molecule has 1 aromatic heterocycles. The third-order valence-electron chi connectivity index (χ3n) is 6.15. The van der Waals surface area contributed by atoms with Crippen molar-refractivity contribution < 1.29 is 33.0 Å². The number of imide groups is 2. The molecule has 2 N–H and O–H groups in total. The highest BCUT2D eigenvalue weighted by molar-refractivity contribution is 6.21. The van der Waals surface area contributed by atoms with Gasteiger partial charge in [-0.25, -0.2) is 13.9 Å². The fourth-order valence-electron chi connectivity index (χ4n) is 4.12. The number of nitrogens with zero attached hydrogens (tertiary/aromatic N) is 2. The monoisotopic (exact) mass is 544 g/mol. The van der Waals surface area contributed by atoms with E-state index < -0.39 is 23.4 Å². The number of ether oxygens (including phenoxy) is 3. The molecule has 40 heavy (non-hydrogen) atoms. The molecule has 0 unspecified atom stereocenters. The number of carbonyl (C=O) groups excluding carboxylic acids is 3. The Labute approximate surface area is 228 Å². The number of amides is 4. The van der Waals surface area contributed by atoms with E-state index in [2.05, 4.69) is 15.7 Å². The Morgan fingerprint density at radius 2 is 1.52 bits per heavy atom. The van der Waals surface area contributed by atoms with Gasteiger partial charge in [0.2, 0.25) is 0 Å². The van der Waals surface area contributed by atoms with Crippen LogP contribution in [0.3, 0.4) is 0 Å². The summed E-state index contributed by atoms with van der Waals surface area (Å²) in [6, 6.07) is 20.8. The summed E-state index contributed by atoms with van der Waals surface area (Å²) in [6.45, 7) is 2.25. The summed E-state index contributed by atoms with van der Waals surface area (Å²) in [4.78, 5) is 36.8. The van der Waals surface area contributed by atoms with Gasteiger partial charge in [-0.2, -0.15) is 5.10 Å². The van der Waals surface area contributed by atoms with Gasteiger partial charge in [0.05, 0.1) is 18.0 Å². The molecule has 3 aromatic carbocycles. The lowest BCUT2D eigenvalue weighted by molar-refractivity contribution is -0.153. The number of hydrogen-bond donors (Lipinski definition) is 2. The second-order valence-electron chi connectivity index (χ2n) is 8.84. The number of rotatable bonds is 10. The van der Waals surface area contributed by atoms with Gasteiger partial charge in [-0.05, 0) is 79.7 Å². The van der Waals surface area contributed by atoms with E-state index in [-0.39, 0.29) is 24.6 Å². The van der Waals surface area contributed by atoms with Gasteiger partial charge < -0.3 is 14.2 Å². The molecule has 1 saturated heterocycles. The fraction of sp³-hybridized carbons (Fsp3) is 0.172. The molecule has 0 spiro atoms. The first kappa shape index (κ1) is 26.6. The van der Waals surface area contributed by atoms with Gasteiger partial charge in [-0.15, -0.1) is 0 Å². The standard InChI is InChI=1S/C29H25FN4O6/c1-2-38-17-15-29(26(35)31-28(37)32-27(29)36)40-24-12-10-23(11-13-24)39-22-8-6-19(7-9-22)25-14-16-34(33-25)21-5-3-4-20(30)18-21/h3-14,16,18H,2,15,17H2,1H3,(H2,31,32,35,36,37). The Kier molecular flexibility index (Phi) is 7.56. The maximum atomic E-state index is 13.5. The van der Waals surface area contributed by atoms with Crippen LogP contribution in [0.1, 0.15) is 13.3 Å². The minimum atomic E-state index is -1.96. The van der Waals surface area contributed by atoms with Crippen LogP contribution in [-0.4, -0.2) is 46.4 Å². The summed E-state index contributed by atoms with van der Waals surface area (Å²) in [5.41, 5.74) is 0.236. The molecule has 0 atom stereocenters. The fourth-order valence-corrected chi connectivity index (χ4v) is 4.12. The first-order chi connectivity index (χ1) is 19.4. The SMILES string of the molecule is CCOCCC1(Oc2ccc(Oc3ccc(-c4ccn(-c5cccc(F)c5)n4)cc3)cc2)C(=O)NC(=O)NC1=O. The van der Waals surface area contributed by atoms with E-state index in [1.807, 2.05) is 18.2 Å². The molecule has 1 aliphatic heterocycles. The van der Waals surface area contributed by atoms with E-state index in [4.69, 9.17) is 14.2 Å². The zero-order chi connectivity index (χ0) is 28.1. The van der Waals surface area contributed by atoms with Crippen molar-refractivity contribution in [3.05, 3.63) is 90.9 Å². The molecule has 1 aliphatic rings. The van der Waals surface area contributed by atoms with E-state index in [1.165, 1.54) is 12.1 Å². The Morgan fingerprint density at radius 1 is 0.875 bits per heavy atom. The van der Waals surface area contributed by atoms with Crippen LogP contribution in [0.25, 0.3) is 16.9 Å². The number of aromatic nitrogens is 2. The summed E-state index contributed by atoms with van der Waals surface area (Å²) in [5.74, 6) is -0.763. The topological polar surface area (TPSA) is 121 Å². The Hall–Kier alpha value is -5.03. The normalized spacial score (nSPS) is 14.4. The van der Waals surface area contributed by atoms with E-state index >= 15 is 0 Å². The van der Waals surface area contributed by atoms with Crippen molar-refractivity contribution in [3.8, 4) is 34.2 Å². The highest BCUT2D eigenvalue weighted by Crippen LogP contribution is 2.29. The molecule has 4 aromatic rings. The Balaban J connectivity index is 1.25. The van der Waals surface area contributed by atoms with E-state index in [0.717, 1.165) is 5.56 Å². The van der Waals surface area contributed by atoms with Crippen LogP contribution >= 0.6 is 0 Å². The minimum Gasteiger partial charge on any atom is -0.467 e. The minimum absolute atomic E-state index is 0.0772. The van der Waals surface area contributed by atoms with Crippen molar-refractivity contribution in [2.75, 3.05) is 13.2 Å². The molecule has 0 saturated carbocycles. The number of halogens is 1. The molecule has 0 radical (unpaired) electrons. The predicted molar refractivity (Wildman–Crippen MR) is 142 cm³/mol. The van der Waals surface area contributed by atoms with Crippen LogP contribution in [0.15, 0.2) is 85.1 Å². The number of hydrogen-bond acceptors (Lipinski definition) is 7. The van der Waals surface area contributed by atoms with Crippen molar-refractivity contribution in [2.45, 2.75) is 18.9 Å². The zero-order valence-corrected chi connectivity index (χ0v) is 21.4. The van der Waals surface area contributed by atoms with Gasteiger partial charge >= 0.3 is 6.03 Å². The summed E-state index contributed by atoms with van der Waals surface area (Å²) >= 11 is 0. The van der Waals surface area contributed by atoms with Gasteiger partial charge in [-0.1, -0.05) is 6.07 Å². The Morgan fingerprint density at radius 3 is 2.17 bits per heavy atom. The summed E-state index contributed by atoms with van der Waals surface area (Å²) in [7, 11) is 0. The van der Waals surface area contributed by atoms with Crippen molar-refractivity contribution in [1.29, 1.82) is 0 Å². The molecule has 0 aliphatic carbocycles. The van der Waals surface area contributed by atoms with Crippen LogP contribution in [0.2, 0.25) is 0 Å². The van der Waals surface area contributed by atoms with E-state index in [0.29, 0.717) is 29.5 Å². The largest absolute Gasteiger partial charge is 0.467 e. The maximum absolute atomic E-state index is 13.5. The third kappa shape index (κ3) is 5.69. The molecule has 2 heterocycles. The molecule has 0 bridgehead atoms. The molecule has 204 valence electrons. The average molecular weight is 545 g/mol. The second-order valence-corrected chi connectivity index (χ2v) is 8.84. The summed E-state index contributed by atoms with van der Waals surface area (Å²) in [5, 5.41) is 8.69. The number of benzene rings is 3. The molecule has 4 amide bonds. The van der Waals surface area contributed by atoms with Gasteiger partial charge in [0.1, 0.15) is 23.1 Å². The molecule has 11 heteroatoms. The summed E-state index contributed by atoms with van der Waals surface area (Å²) in [6.07, 6.45) is 1.68. The van der Waals surface area contributed by atoms with Crippen molar-refractivity contribution in [2.24, 2.45) is 0 Å². The third-order valence-corrected chi connectivity index (χ3v) is 6.15.